The molecule has 0 radical (unpaired) electrons. The van der Waals surface area contributed by atoms with Crippen molar-refractivity contribution in [2.75, 3.05) is 5.73 Å². The van der Waals surface area contributed by atoms with Crippen molar-refractivity contribution < 1.29 is 42.5 Å². The first kappa shape index (κ1) is 13.9. The quantitative estimate of drug-likeness (QED) is 0.332. The third kappa shape index (κ3) is 2.96. The summed E-state index contributed by atoms with van der Waals surface area (Å²) in [7, 11) is -4.41. The Hall–Kier alpha value is -0.0700. The number of rotatable bonds is 1. The maximum absolute atomic E-state index is 10.7. The van der Waals surface area contributed by atoms with Gasteiger partial charge < -0.3 is 10.3 Å². The standard InChI is InChI=1S/C8H11NO3S.Na/c1-5-3-7(9)4-8(6(5)2)13(10,11)12;/h3-4H,9H2,1-2H3,(H,10,11,12);/q;+1/p-1. The van der Waals surface area contributed by atoms with E-state index in [1.165, 1.54) is 6.07 Å². The Morgan fingerprint density at radius 2 is 1.79 bits per heavy atom. The second-order valence-corrected chi connectivity index (χ2v) is 4.26. The van der Waals surface area contributed by atoms with Crippen molar-refractivity contribution in [1.82, 2.24) is 0 Å². The molecule has 0 fully saturated rings. The minimum atomic E-state index is -4.41. The van der Waals surface area contributed by atoms with Crippen LogP contribution in [0.5, 0.6) is 0 Å². The van der Waals surface area contributed by atoms with E-state index in [1.54, 1.807) is 19.9 Å². The monoisotopic (exact) mass is 223 g/mol. The SMILES string of the molecule is Cc1cc(N)cc(S(=O)(=O)[O-])c1C.[Na+]. The van der Waals surface area contributed by atoms with Crippen molar-refractivity contribution in [2.24, 2.45) is 0 Å². The summed E-state index contributed by atoms with van der Waals surface area (Å²) in [5, 5.41) is 0. The number of hydrogen-bond donors (Lipinski definition) is 1. The average molecular weight is 223 g/mol. The van der Waals surface area contributed by atoms with Crippen LogP contribution in [0.3, 0.4) is 0 Å². The van der Waals surface area contributed by atoms with Crippen LogP contribution in [0.15, 0.2) is 17.0 Å². The molecule has 0 atom stereocenters. The van der Waals surface area contributed by atoms with Gasteiger partial charge in [-0.2, -0.15) is 0 Å². The van der Waals surface area contributed by atoms with Gasteiger partial charge in [-0.1, -0.05) is 0 Å². The average Bonchev–Trinajstić information content (AvgIpc) is 1.94. The zero-order valence-electron chi connectivity index (χ0n) is 8.37. The molecule has 1 rings (SSSR count). The van der Waals surface area contributed by atoms with E-state index in [2.05, 4.69) is 0 Å². The van der Waals surface area contributed by atoms with Crippen LogP contribution in [-0.2, 0) is 10.1 Å². The molecule has 0 saturated heterocycles. The minimum absolute atomic E-state index is 0. The van der Waals surface area contributed by atoms with Crippen LogP contribution in [0.1, 0.15) is 11.1 Å². The van der Waals surface area contributed by atoms with E-state index < -0.39 is 10.1 Å². The van der Waals surface area contributed by atoms with Gasteiger partial charge in [-0.25, -0.2) is 8.42 Å². The van der Waals surface area contributed by atoms with Crippen molar-refractivity contribution in [3.63, 3.8) is 0 Å². The zero-order chi connectivity index (χ0) is 10.2. The second kappa shape index (κ2) is 4.63. The molecule has 0 spiro atoms. The van der Waals surface area contributed by atoms with Gasteiger partial charge in [-0.15, -0.1) is 0 Å². The predicted molar refractivity (Wildman–Crippen MR) is 48.3 cm³/mol. The van der Waals surface area contributed by atoms with E-state index in [1.807, 2.05) is 0 Å². The molecule has 72 valence electrons. The van der Waals surface area contributed by atoms with Gasteiger partial charge in [-0.05, 0) is 37.1 Å². The Morgan fingerprint density at radius 1 is 1.29 bits per heavy atom. The van der Waals surface area contributed by atoms with Crippen molar-refractivity contribution in [2.45, 2.75) is 18.7 Å². The van der Waals surface area contributed by atoms with Crippen LogP contribution >= 0.6 is 0 Å². The first-order valence-electron chi connectivity index (χ1n) is 3.65. The summed E-state index contributed by atoms with van der Waals surface area (Å²) in [6, 6.07) is 2.81. The fraction of sp³-hybridized carbons (Fsp3) is 0.250. The topological polar surface area (TPSA) is 83.2 Å². The van der Waals surface area contributed by atoms with Gasteiger partial charge in [0, 0.05) is 5.69 Å². The summed E-state index contributed by atoms with van der Waals surface area (Å²) in [6.45, 7) is 3.29. The minimum Gasteiger partial charge on any atom is -0.744 e. The molecule has 0 amide bonds. The number of benzene rings is 1. The second-order valence-electron chi connectivity index (χ2n) is 2.92. The zero-order valence-corrected chi connectivity index (χ0v) is 11.2. The Bertz CT molecular complexity index is 442. The molecule has 4 nitrogen and oxygen atoms in total. The summed E-state index contributed by atoms with van der Waals surface area (Å²) in [5.74, 6) is 0. The van der Waals surface area contributed by atoms with Crippen LogP contribution in [0.25, 0.3) is 0 Å². The van der Waals surface area contributed by atoms with Crippen molar-refractivity contribution in [3.05, 3.63) is 23.3 Å². The fourth-order valence-electron chi connectivity index (χ4n) is 1.11. The molecule has 0 saturated carbocycles. The van der Waals surface area contributed by atoms with E-state index in [9.17, 15) is 13.0 Å². The first-order chi connectivity index (χ1) is 5.82. The maximum atomic E-state index is 10.7. The number of hydrogen-bond acceptors (Lipinski definition) is 4. The molecule has 0 aliphatic carbocycles. The summed E-state index contributed by atoms with van der Waals surface area (Å²) in [6.07, 6.45) is 0. The van der Waals surface area contributed by atoms with Gasteiger partial charge >= 0.3 is 29.6 Å². The summed E-state index contributed by atoms with van der Waals surface area (Å²) in [4.78, 5) is -0.231. The summed E-state index contributed by atoms with van der Waals surface area (Å²) in [5.41, 5.74) is 6.88. The van der Waals surface area contributed by atoms with E-state index in [4.69, 9.17) is 5.73 Å². The largest absolute Gasteiger partial charge is 1.00 e. The van der Waals surface area contributed by atoms with E-state index in [0.717, 1.165) is 0 Å². The predicted octanol–water partition coefficient (Wildman–Crippen LogP) is -2.21. The van der Waals surface area contributed by atoms with Crippen LogP contribution in [0.4, 0.5) is 5.69 Å². The maximum Gasteiger partial charge on any atom is 1.00 e. The van der Waals surface area contributed by atoms with Crippen molar-refractivity contribution >= 4 is 15.8 Å². The molecule has 0 aliphatic rings. The van der Waals surface area contributed by atoms with Crippen LogP contribution in [0.2, 0.25) is 0 Å². The molecule has 6 heteroatoms. The molecule has 0 aliphatic heterocycles. The molecule has 2 N–H and O–H groups in total. The van der Waals surface area contributed by atoms with Gasteiger partial charge in [0.1, 0.15) is 10.1 Å². The molecule has 0 unspecified atom stereocenters. The Morgan fingerprint density at radius 3 is 2.21 bits per heavy atom. The molecule has 0 bridgehead atoms. The van der Waals surface area contributed by atoms with Crippen molar-refractivity contribution in [3.8, 4) is 0 Å². The molecular weight excluding hydrogens is 213 g/mol. The van der Waals surface area contributed by atoms with Crippen molar-refractivity contribution in [1.29, 1.82) is 0 Å². The molecule has 1 aromatic carbocycles. The molecule has 0 heterocycles. The molecule has 0 aromatic heterocycles. The molecule has 14 heavy (non-hydrogen) atoms. The Kier molecular flexibility index (Phi) is 4.61. The van der Waals surface area contributed by atoms with Gasteiger partial charge in [0.2, 0.25) is 0 Å². The fourth-order valence-corrected chi connectivity index (χ4v) is 1.93. The Labute approximate surface area is 106 Å². The van der Waals surface area contributed by atoms with Crippen LogP contribution < -0.4 is 35.3 Å². The van der Waals surface area contributed by atoms with E-state index >= 15 is 0 Å². The first-order valence-corrected chi connectivity index (χ1v) is 5.06. The van der Waals surface area contributed by atoms with E-state index in [-0.39, 0.29) is 40.1 Å². The smallest absolute Gasteiger partial charge is 0.744 e. The number of anilines is 1. The van der Waals surface area contributed by atoms with Crippen LogP contribution in [-0.4, -0.2) is 13.0 Å². The molecule has 1 aromatic rings. The van der Waals surface area contributed by atoms with E-state index in [0.29, 0.717) is 11.1 Å². The van der Waals surface area contributed by atoms with Gasteiger partial charge in [0.25, 0.3) is 0 Å². The summed E-state index contributed by atoms with van der Waals surface area (Å²) < 4.78 is 32.2. The number of nitrogen functional groups attached to an aromatic ring is 1. The summed E-state index contributed by atoms with van der Waals surface area (Å²) >= 11 is 0. The van der Waals surface area contributed by atoms with Gasteiger partial charge in [0.15, 0.2) is 0 Å². The number of aryl methyl sites for hydroxylation is 1. The molecular formula is C8H10NNaO3S. The number of nitrogens with two attached hydrogens (primary N) is 1. The third-order valence-corrected chi connectivity index (χ3v) is 2.87. The Balaban J connectivity index is 0.00000169. The van der Waals surface area contributed by atoms with Crippen LogP contribution in [0, 0.1) is 13.8 Å². The van der Waals surface area contributed by atoms with Gasteiger partial charge in [-0.3, -0.25) is 0 Å². The van der Waals surface area contributed by atoms with Gasteiger partial charge in [0.05, 0.1) is 4.90 Å². The third-order valence-electron chi connectivity index (χ3n) is 1.91. The normalized spacial score (nSPS) is 10.8.